The van der Waals surface area contributed by atoms with Gasteiger partial charge in [0.1, 0.15) is 0 Å². The van der Waals surface area contributed by atoms with Gasteiger partial charge in [-0.3, -0.25) is 9.59 Å². The summed E-state index contributed by atoms with van der Waals surface area (Å²) in [6.07, 6.45) is 0.842. The molecule has 0 spiro atoms. The van der Waals surface area contributed by atoms with Crippen LogP contribution in [-0.2, 0) is 14.3 Å². The molecule has 7 nitrogen and oxygen atoms in total. The minimum Gasteiger partial charge on any atom is -0.465 e. The second-order valence-electron chi connectivity index (χ2n) is 4.15. The van der Waals surface area contributed by atoms with Gasteiger partial charge in [0.15, 0.2) is 4.34 Å². The number of thioether (sulfide) groups is 1. The van der Waals surface area contributed by atoms with Gasteiger partial charge in [0.25, 0.3) is 0 Å². The molecular weight excluding hydrogens is 300 g/mol. The molecule has 9 heteroatoms. The van der Waals surface area contributed by atoms with Gasteiger partial charge in [-0.05, 0) is 19.9 Å². The molecule has 1 fully saturated rings. The van der Waals surface area contributed by atoms with E-state index in [1.807, 2.05) is 0 Å². The second-order valence-corrected chi connectivity index (χ2v) is 6.35. The van der Waals surface area contributed by atoms with Gasteiger partial charge in [0.2, 0.25) is 11.0 Å². The highest BCUT2D eigenvalue weighted by Crippen LogP contribution is 2.26. The molecule has 0 bridgehead atoms. The number of aromatic nitrogens is 2. The van der Waals surface area contributed by atoms with Crippen LogP contribution in [0.25, 0.3) is 0 Å². The third kappa shape index (κ3) is 4.43. The number of nitrogens with zero attached hydrogens (tertiary/aromatic N) is 2. The van der Waals surface area contributed by atoms with Crippen LogP contribution in [0.1, 0.15) is 13.3 Å². The zero-order valence-electron chi connectivity index (χ0n) is 11.0. The molecule has 110 valence electrons. The predicted molar refractivity (Wildman–Crippen MR) is 76.9 cm³/mol. The normalized spacial score (nSPS) is 17.9. The lowest BCUT2D eigenvalue weighted by atomic mass is 10.1. The number of anilines is 1. The van der Waals surface area contributed by atoms with Crippen LogP contribution in [0.5, 0.6) is 0 Å². The lowest BCUT2D eigenvalue weighted by molar-refractivity contribution is -0.139. The maximum Gasteiger partial charge on any atom is 0.316 e. The van der Waals surface area contributed by atoms with Gasteiger partial charge in [-0.1, -0.05) is 23.1 Å². The summed E-state index contributed by atoms with van der Waals surface area (Å²) in [4.78, 5) is 23.1. The summed E-state index contributed by atoms with van der Waals surface area (Å²) in [5.41, 5.74) is 0. The summed E-state index contributed by atoms with van der Waals surface area (Å²) in [5, 5.41) is 14.2. The Morgan fingerprint density at radius 3 is 3.10 bits per heavy atom. The van der Waals surface area contributed by atoms with Crippen LogP contribution < -0.4 is 10.6 Å². The smallest absolute Gasteiger partial charge is 0.316 e. The largest absolute Gasteiger partial charge is 0.465 e. The second kappa shape index (κ2) is 7.55. The van der Waals surface area contributed by atoms with Gasteiger partial charge in [0.05, 0.1) is 18.3 Å². The van der Waals surface area contributed by atoms with Crippen LogP contribution in [0.2, 0.25) is 0 Å². The first kappa shape index (κ1) is 15.2. The number of carbonyl (C=O) groups is 2. The molecule has 2 rings (SSSR count). The van der Waals surface area contributed by atoms with Crippen molar-refractivity contribution in [2.24, 2.45) is 5.92 Å². The summed E-state index contributed by atoms with van der Waals surface area (Å²) in [5.74, 6) is -0.124. The molecule has 0 saturated carbocycles. The van der Waals surface area contributed by atoms with Crippen molar-refractivity contribution in [1.29, 1.82) is 0 Å². The van der Waals surface area contributed by atoms with E-state index in [-0.39, 0.29) is 23.5 Å². The zero-order chi connectivity index (χ0) is 14.4. The lowest BCUT2D eigenvalue weighted by Gasteiger charge is -2.05. The molecule has 0 radical (unpaired) electrons. The van der Waals surface area contributed by atoms with Gasteiger partial charge >= 0.3 is 5.97 Å². The highest BCUT2D eigenvalue weighted by Gasteiger charge is 2.23. The molecule has 0 aliphatic carbocycles. The molecule has 20 heavy (non-hydrogen) atoms. The van der Waals surface area contributed by atoms with Gasteiger partial charge in [-0.25, -0.2) is 0 Å². The van der Waals surface area contributed by atoms with Gasteiger partial charge in [-0.2, -0.15) is 0 Å². The fraction of sp³-hybridized carbons (Fsp3) is 0.636. The summed E-state index contributed by atoms with van der Waals surface area (Å²) in [6, 6.07) is 0. The van der Waals surface area contributed by atoms with Crippen molar-refractivity contribution in [2.45, 2.75) is 17.7 Å². The molecule has 1 unspecified atom stereocenters. The minimum atomic E-state index is -0.282. The fourth-order valence-electron chi connectivity index (χ4n) is 1.73. The van der Waals surface area contributed by atoms with Crippen LogP contribution >= 0.6 is 23.1 Å². The maximum atomic E-state index is 11.9. The van der Waals surface area contributed by atoms with Crippen LogP contribution in [0.4, 0.5) is 5.13 Å². The summed E-state index contributed by atoms with van der Waals surface area (Å²) in [7, 11) is 0. The SMILES string of the molecule is CCOC(=O)CSc1nnc(NC(=O)C2CCNC2)s1. The van der Waals surface area contributed by atoms with Gasteiger partial charge in [0, 0.05) is 6.54 Å². The monoisotopic (exact) mass is 316 g/mol. The third-order valence-electron chi connectivity index (χ3n) is 2.69. The topological polar surface area (TPSA) is 93.2 Å². The zero-order valence-corrected chi connectivity index (χ0v) is 12.7. The van der Waals surface area contributed by atoms with E-state index in [0.29, 0.717) is 22.6 Å². The number of amides is 1. The number of rotatable bonds is 6. The Morgan fingerprint density at radius 1 is 1.55 bits per heavy atom. The molecule has 1 aliphatic heterocycles. The van der Waals surface area contributed by atoms with Crippen LogP contribution in [0.3, 0.4) is 0 Å². The average Bonchev–Trinajstić information content (AvgIpc) is 3.08. The van der Waals surface area contributed by atoms with E-state index in [1.165, 1.54) is 23.1 Å². The van der Waals surface area contributed by atoms with Crippen molar-refractivity contribution in [1.82, 2.24) is 15.5 Å². The molecular formula is C11H16N4O3S2. The number of hydrogen-bond acceptors (Lipinski definition) is 8. The quantitative estimate of drug-likeness (QED) is 0.454. The molecule has 1 atom stereocenters. The first-order chi connectivity index (χ1) is 9.69. The minimum absolute atomic E-state index is 0.00506. The van der Waals surface area contributed by atoms with Crippen molar-refractivity contribution in [2.75, 3.05) is 30.8 Å². The Bertz CT molecular complexity index is 474. The van der Waals surface area contributed by atoms with Crippen LogP contribution in [0, 0.1) is 5.92 Å². The molecule has 2 N–H and O–H groups in total. The molecule has 1 aromatic rings. The van der Waals surface area contributed by atoms with Gasteiger partial charge in [-0.15, -0.1) is 10.2 Å². The molecule has 1 saturated heterocycles. The van der Waals surface area contributed by atoms with Crippen LogP contribution in [-0.4, -0.2) is 47.5 Å². The average molecular weight is 316 g/mol. The highest BCUT2D eigenvalue weighted by molar-refractivity contribution is 8.01. The van der Waals surface area contributed by atoms with E-state index in [2.05, 4.69) is 20.8 Å². The Labute approximate surface area is 124 Å². The Morgan fingerprint density at radius 2 is 2.40 bits per heavy atom. The van der Waals surface area contributed by atoms with Crippen LogP contribution in [0.15, 0.2) is 4.34 Å². The Balaban J connectivity index is 1.79. The molecule has 1 aromatic heterocycles. The summed E-state index contributed by atoms with van der Waals surface area (Å²) >= 11 is 2.52. The number of carbonyl (C=O) groups excluding carboxylic acids is 2. The fourth-order valence-corrected chi connectivity index (χ4v) is 3.28. The maximum absolute atomic E-state index is 11.9. The first-order valence-corrected chi connectivity index (χ1v) is 8.12. The van der Waals surface area contributed by atoms with Crippen molar-refractivity contribution >= 4 is 40.1 Å². The third-order valence-corrected chi connectivity index (χ3v) is 4.63. The van der Waals surface area contributed by atoms with E-state index in [0.717, 1.165) is 13.0 Å². The molecule has 0 aromatic carbocycles. The standard InChI is InChI=1S/C11H16N4O3S2/c1-2-18-8(16)6-19-11-15-14-10(20-11)13-9(17)7-3-4-12-5-7/h7,12H,2-6H2,1H3,(H,13,14,17). The van der Waals surface area contributed by atoms with E-state index >= 15 is 0 Å². The summed E-state index contributed by atoms with van der Waals surface area (Å²) in [6.45, 7) is 3.70. The number of esters is 1. The Kier molecular flexibility index (Phi) is 5.74. The predicted octanol–water partition coefficient (Wildman–Crippen LogP) is 0.741. The molecule has 1 aliphatic rings. The van der Waals surface area contributed by atoms with E-state index in [1.54, 1.807) is 6.92 Å². The van der Waals surface area contributed by atoms with E-state index in [9.17, 15) is 9.59 Å². The van der Waals surface area contributed by atoms with Crippen molar-refractivity contribution in [3.63, 3.8) is 0 Å². The number of ether oxygens (including phenoxy) is 1. The summed E-state index contributed by atoms with van der Waals surface area (Å²) < 4.78 is 5.46. The Hall–Kier alpha value is -1.19. The van der Waals surface area contributed by atoms with E-state index in [4.69, 9.17) is 4.74 Å². The van der Waals surface area contributed by atoms with Crippen molar-refractivity contribution in [3.05, 3.63) is 0 Å². The molecule has 1 amide bonds. The molecule has 2 heterocycles. The van der Waals surface area contributed by atoms with Gasteiger partial charge < -0.3 is 15.4 Å². The highest BCUT2D eigenvalue weighted by atomic mass is 32.2. The van der Waals surface area contributed by atoms with Crippen molar-refractivity contribution < 1.29 is 14.3 Å². The number of hydrogen-bond donors (Lipinski definition) is 2. The number of nitrogens with one attached hydrogen (secondary N) is 2. The van der Waals surface area contributed by atoms with Crippen molar-refractivity contribution in [3.8, 4) is 0 Å². The van der Waals surface area contributed by atoms with E-state index < -0.39 is 0 Å². The lowest BCUT2D eigenvalue weighted by Crippen LogP contribution is -2.24. The first-order valence-electron chi connectivity index (χ1n) is 6.32.